The highest BCUT2D eigenvalue weighted by atomic mass is 79.9. The van der Waals surface area contributed by atoms with Gasteiger partial charge in [0.25, 0.3) is 0 Å². The van der Waals surface area contributed by atoms with Crippen molar-refractivity contribution in [3.05, 3.63) is 53.7 Å². The maximum atomic E-state index is 11.5. The van der Waals surface area contributed by atoms with Crippen molar-refractivity contribution in [2.75, 3.05) is 5.33 Å². The molecule has 1 atom stereocenters. The largest absolute Gasteiger partial charge is 0.442 e. The van der Waals surface area contributed by atoms with Crippen LogP contribution in [0.25, 0.3) is 0 Å². The zero-order valence-electron chi connectivity index (χ0n) is 12.0. The van der Waals surface area contributed by atoms with Crippen molar-refractivity contribution in [1.29, 1.82) is 0 Å². The smallest absolute Gasteiger partial charge is 0.231 e. The van der Waals surface area contributed by atoms with E-state index in [2.05, 4.69) is 20.9 Å². The van der Waals surface area contributed by atoms with Crippen LogP contribution in [0.15, 0.2) is 40.9 Å². The Morgan fingerprint density at radius 2 is 1.95 bits per heavy atom. The monoisotopic (exact) mass is 349 g/mol. The molecule has 0 saturated heterocycles. The van der Waals surface area contributed by atoms with E-state index in [0.29, 0.717) is 5.89 Å². The molecule has 0 unspecified atom stereocenters. The lowest BCUT2D eigenvalue weighted by atomic mass is 9.80. The summed E-state index contributed by atoms with van der Waals surface area (Å²) in [6, 6.07) is 9.80. The first-order valence-electron chi connectivity index (χ1n) is 7.54. The van der Waals surface area contributed by atoms with E-state index in [0.717, 1.165) is 48.8 Å². The molecular formula is C17H20BrNO2. The highest BCUT2D eigenvalue weighted by molar-refractivity contribution is 9.09. The van der Waals surface area contributed by atoms with E-state index in [9.17, 15) is 5.11 Å². The highest BCUT2D eigenvalue weighted by Crippen LogP contribution is 2.44. The second-order valence-corrected chi connectivity index (χ2v) is 6.48. The predicted molar refractivity (Wildman–Crippen MR) is 85.4 cm³/mol. The molecule has 21 heavy (non-hydrogen) atoms. The summed E-state index contributed by atoms with van der Waals surface area (Å²) in [4.78, 5) is 4.39. The topological polar surface area (TPSA) is 46.3 Å². The van der Waals surface area contributed by atoms with Crippen molar-refractivity contribution in [3.63, 3.8) is 0 Å². The summed E-state index contributed by atoms with van der Waals surface area (Å²) in [5, 5.41) is 12.3. The van der Waals surface area contributed by atoms with Crippen LogP contribution in [0, 0.1) is 5.92 Å². The zero-order chi connectivity index (χ0) is 14.7. The van der Waals surface area contributed by atoms with Crippen LogP contribution in [-0.2, 0) is 12.0 Å². The molecule has 1 saturated carbocycles. The van der Waals surface area contributed by atoms with Crippen molar-refractivity contribution < 1.29 is 9.52 Å². The molecule has 1 aromatic heterocycles. The van der Waals surface area contributed by atoms with Crippen LogP contribution in [0.2, 0.25) is 0 Å². The normalized spacial score (nSPS) is 18.8. The van der Waals surface area contributed by atoms with Crippen LogP contribution in [-0.4, -0.2) is 15.4 Å². The van der Waals surface area contributed by atoms with Crippen molar-refractivity contribution in [1.82, 2.24) is 4.98 Å². The van der Waals surface area contributed by atoms with E-state index in [1.54, 1.807) is 6.20 Å². The second kappa shape index (κ2) is 6.32. The number of aliphatic hydroxyl groups is 1. The fraction of sp³-hybridized carbons (Fsp3) is 0.471. The summed E-state index contributed by atoms with van der Waals surface area (Å²) >= 11 is 3.41. The van der Waals surface area contributed by atoms with E-state index in [1.165, 1.54) is 0 Å². The Hall–Kier alpha value is -1.13. The molecule has 4 heteroatoms. The average Bonchev–Trinajstić information content (AvgIpc) is 3.20. The van der Waals surface area contributed by atoms with Gasteiger partial charge in [0, 0.05) is 17.7 Å². The number of aryl methyl sites for hydroxylation is 1. The Kier molecular flexibility index (Phi) is 4.45. The van der Waals surface area contributed by atoms with Gasteiger partial charge < -0.3 is 9.52 Å². The van der Waals surface area contributed by atoms with Crippen molar-refractivity contribution in [2.24, 2.45) is 5.92 Å². The van der Waals surface area contributed by atoms with Crippen molar-refractivity contribution in [2.45, 2.75) is 37.7 Å². The fourth-order valence-corrected chi connectivity index (χ4v) is 3.65. The van der Waals surface area contributed by atoms with Gasteiger partial charge in [-0.2, -0.15) is 0 Å². The summed E-state index contributed by atoms with van der Waals surface area (Å²) in [5.74, 6) is 1.43. The Morgan fingerprint density at radius 3 is 2.62 bits per heavy atom. The van der Waals surface area contributed by atoms with Gasteiger partial charge in [0.2, 0.25) is 5.89 Å². The van der Waals surface area contributed by atoms with Crippen LogP contribution in [0.5, 0.6) is 0 Å². The number of hydrogen-bond acceptors (Lipinski definition) is 3. The lowest BCUT2D eigenvalue weighted by Gasteiger charge is -2.31. The van der Waals surface area contributed by atoms with Gasteiger partial charge in [-0.25, -0.2) is 4.98 Å². The molecule has 2 aromatic rings. The molecule has 0 spiro atoms. The van der Waals surface area contributed by atoms with E-state index in [-0.39, 0.29) is 5.92 Å². The maximum absolute atomic E-state index is 11.5. The van der Waals surface area contributed by atoms with Crippen LogP contribution >= 0.6 is 15.9 Å². The molecule has 1 aliphatic rings. The highest BCUT2D eigenvalue weighted by Gasteiger charge is 2.45. The number of hydrogen-bond donors (Lipinski definition) is 1. The van der Waals surface area contributed by atoms with Crippen molar-refractivity contribution >= 4 is 15.9 Å². The first-order chi connectivity index (χ1) is 10.2. The van der Waals surface area contributed by atoms with Gasteiger partial charge >= 0.3 is 0 Å². The molecule has 1 N–H and O–H groups in total. The molecule has 0 amide bonds. The van der Waals surface area contributed by atoms with Gasteiger partial charge in [-0.15, -0.1) is 0 Å². The molecule has 1 fully saturated rings. The van der Waals surface area contributed by atoms with Gasteiger partial charge in [0.15, 0.2) is 5.60 Å². The van der Waals surface area contributed by atoms with Gasteiger partial charge in [-0.05, 0) is 18.4 Å². The zero-order valence-corrected chi connectivity index (χ0v) is 13.6. The standard InChI is InChI=1S/C17H20BrNO2/c18-11-10-15-12-19-16(21-15)17(20,14-8-4-5-9-14)13-6-2-1-3-7-13/h1-3,6-7,12,14,20H,4-5,8-11H2/t17-/m0/s1. The third-order valence-corrected chi connectivity index (χ3v) is 4.78. The summed E-state index contributed by atoms with van der Waals surface area (Å²) in [6.45, 7) is 0. The Morgan fingerprint density at radius 1 is 1.24 bits per heavy atom. The number of benzene rings is 1. The van der Waals surface area contributed by atoms with Crippen LogP contribution < -0.4 is 0 Å². The second-order valence-electron chi connectivity index (χ2n) is 5.68. The SMILES string of the molecule is O[C@](c1ccccc1)(c1ncc(CCBr)o1)C1CCCC1. The van der Waals surface area contributed by atoms with Gasteiger partial charge in [-0.3, -0.25) is 0 Å². The quantitative estimate of drug-likeness (QED) is 0.828. The number of aromatic nitrogens is 1. The molecule has 1 heterocycles. The molecule has 112 valence electrons. The number of rotatable bonds is 5. The predicted octanol–water partition coefficient (Wildman–Crippen LogP) is 4.04. The maximum Gasteiger partial charge on any atom is 0.231 e. The molecule has 1 aromatic carbocycles. The summed E-state index contributed by atoms with van der Waals surface area (Å²) in [5.41, 5.74) is -0.230. The number of alkyl halides is 1. The Balaban J connectivity index is 2.02. The first-order valence-corrected chi connectivity index (χ1v) is 8.66. The summed E-state index contributed by atoms with van der Waals surface area (Å²) in [7, 11) is 0. The average molecular weight is 350 g/mol. The first kappa shape index (κ1) is 14.8. The Bertz CT molecular complexity index is 577. The minimum atomic E-state index is -1.11. The lowest BCUT2D eigenvalue weighted by molar-refractivity contribution is -0.00672. The molecule has 0 aliphatic heterocycles. The molecule has 3 nitrogen and oxygen atoms in total. The molecular weight excluding hydrogens is 330 g/mol. The van der Waals surface area contributed by atoms with E-state index >= 15 is 0 Å². The Labute approximate surface area is 133 Å². The fourth-order valence-electron chi connectivity index (χ4n) is 3.26. The minimum Gasteiger partial charge on any atom is -0.442 e. The third kappa shape index (κ3) is 2.79. The number of nitrogens with zero attached hydrogens (tertiary/aromatic N) is 1. The minimum absolute atomic E-state index is 0.176. The van der Waals surface area contributed by atoms with Crippen LogP contribution in [0.3, 0.4) is 0 Å². The van der Waals surface area contributed by atoms with Crippen LogP contribution in [0.4, 0.5) is 0 Å². The molecule has 3 rings (SSSR count). The summed E-state index contributed by atoms with van der Waals surface area (Å²) in [6.07, 6.45) is 6.87. The molecule has 0 radical (unpaired) electrons. The number of oxazole rings is 1. The van der Waals surface area contributed by atoms with Crippen LogP contribution in [0.1, 0.15) is 42.9 Å². The summed E-state index contributed by atoms with van der Waals surface area (Å²) < 4.78 is 5.86. The van der Waals surface area contributed by atoms with Gasteiger partial charge in [-0.1, -0.05) is 59.1 Å². The number of halogens is 1. The third-order valence-electron chi connectivity index (χ3n) is 4.38. The van der Waals surface area contributed by atoms with E-state index < -0.39 is 5.60 Å². The molecule has 1 aliphatic carbocycles. The van der Waals surface area contributed by atoms with Gasteiger partial charge in [0.05, 0.1) is 6.20 Å². The van der Waals surface area contributed by atoms with E-state index in [4.69, 9.17) is 4.42 Å². The van der Waals surface area contributed by atoms with E-state index in [1.807, 2.05) is 30.3 Å². The van der Waals surface area contributed by atoms with Crippen molar-refractivity contribution in [3.8, 4) is 0 Å². The molecule has 0 bridgehead atoms. The lowest BCUT2D eigenvalue weighted by Crippen LogP contribution is -2.35. The van der Waals surface area contributed by atoms with Gasteiger partial charge in [0.1, 0.15) is 5.76 Å².